The normalized spacial score (nSPS) is 10.4. The summed E-state index contributed by atoms with van der Waals surface area (Å²) >= 11 is 0. The monoisotopic (exact) mass is 266 g/mol. The summed E-state index contributed by atoms with van der Waals surface area (Å²) < 4.78 is 20.2. The number of nitrogens with zero attached hydrogens (tertiary/aromatic N) is 4. The molecule has 100 valence electrons. The van der Waals surface area contributed by atoms with Gasteiger partial charge in [0.2, 0.25) is 0 Å². The molecule has 0 fully saturated rings. The van der Waals surface area contributed by atoms with Crippen molar-refractivity contribution in [2.24, 2.45) is 0 Å². The number of methoxy groups -OCH3 is 1. The van der Waals surface area contributed by atoms with Crippen LogP contribution in [0.4, 0.5) is 4.39 Å². The zero-order chi connectivity index (χ0) is 13.8. The number of carboxylic acids is 1. The number of aliphatic carboxylic acids is 1. The van der Waals surface area contributed by atoms with Gasteiger partial charge in [-0.05, 0) is 22.6 Å². The van der Waals surface area contributed by atoms with E-state index in [4.69, 9.17) is 9.84 Å². The number of carbonyl (C=O) groups is 1. The molecule has 1 aromatic carbocycles. The molecule has 7 nitrogen and oxygen atoms in total. The molecule has 2 aromatic rings. The van der Waals surface area contributed by atoms with Gasteiger partial charge in [-0.2, -0.15) is 0 Å². The number of rotatable bonds is 5. The standard InChI is InChI=1S/C11H11FN4O3/c1-19-8-4-2-3-7(12)10(8)11-13-14-15-16(11)6-5-9(17)18/h2-4H,5-6H2,1H3,(H,17,18). The van der Waals surface area contributed by atoms with Crippen LogP contribution < -0.4 is 4.74 Å². The van der Waals surface area contributed by atoms with Gasteiger partial charge in [0.1, 0.15) is 11.6 Å². The van der Waals surface area contributed by atoms with Gasteiger partial charge in [0.15, 0.2) is 5.82 Å². The van der Waals surface area contributed by atoms with Crippen LogP contribution in [-0.2, 0) is 11.3 Å². The predicted octanol–water partition coefficient (Wildman–Crippen LogP) is 0.962. The second-order valence-electron chi connectivity index (χ2n) is 3.69. The van der Waals surface area contributed by atoms with E-state index >= 15 is 0 Å². The number of tetrazole rings is 1. The number of aromatic nitrogens is 4. The molecule has 1 aromatic heterocycles. The summed E-state index contributed by atoms with van der Waals surface area (Å²) in [6.45, 7) is 0.0507. The predicted molar refractivity (Wildman–Crippen MR) is 62.0 cm³/mol. The van der Waals surface area contributed by atoms with E-state index in [-0.39, 0.29) is 30.1 Å². The summed E-state index contributed by atoms with van der Waals surface area (Å²) in [6.07, 6.45) is -0.158. The van der Waals surface area contributed by atoms with E-state index in [2.05, 4.69) is 15.5 Å². The Morgan fingerprint density at radius 3 is 3.00 bits per heavy atom. The second-order valence-corrected chi connectivity index (χ2v) is 3.69. The summed E-state index contributed by atoms with van der Waals surface area (Å²) in [6, 6.07) is 4.34. The van der Waals surface area contributed by atoms with Crippen LogP contribution in [0, 0.1) is 5.82 Å². The second kappa shape index (κ2) is 5.42. The van der Waals surface area contributed by atoms with Gasteiger partial charge >= 0.3 is 5.97 Å². The average Bonchev–Trinajstić information content (AvgIpc) is 2.83. The van der Waals surface area contributed by atoms with Crippen LogP contribution in [0.3, 0.4) is 0 Å². The zero-order valence-corrected chi connectivity index (χ0v) is 10.1. The zero-order valence-electron chi connectivity index (χ0n) is 10.1. The van der Waals surface area contributed by atoms with E-state index in [0.717, 1.165) is 0 Å². The Morgan fingerprint density at radius 2 is 2.32 bits per heavy atom. The lowest BCUT2D eigenvalue weighted by atomic mass is 10.1. The summed E-state index contributed by atoms with van der Waals surface area (Å²) in [5, 5.41) is 19.5. The van der Waals surface area contributed by atoms with E-state index in [1.54, 1.807) is 6.07 Å². The molecule has 19 heavy (non-hydrogen) atoms. The summed E-state index contributed by atoms with van der Waals surface area (Å²) in [5.41, 5.74) is 0.111. The molecule has 0 aliphatic rings. The summed E-state index contributed by atoms with van der Waals surface area (Å²) in [5.74, 6) is -1.10. The Labute approximate surface area is 107 Å². The number of hydrogen-bond donors (Lipinski definition) is 1. The quantitative estimate of drug-likeness (QED) is 0.867. The lowest BCUT2D eigenvalue weighted by Crippen LogP contribution is -2.08. The van der Waals surface area contributed by atoms with Crippen LogP contribution in [0.2, 0.25) is 0 Å². The maximum absolute atomic E-state index is 13.9. The first-order valence-corrected chi connectivity index (χ1v) is 5.44. The number of hydrogen-bond acceptors (Lipinski definition) is 5. The van der Waals surface area contributed by atoms with Crippen LogP contribution in [-0.4, -0.2) is 38.4 Å². The smallest absolute Gasteiger partial charge is 0.305 e. The minimum Gasteiger partial charge on any atom is -0.496 e. The van der Waals surface area contributed by atoms with Crippen LogP contribution in [0.15, 0.2) is 18.2 Å². The molecule has 0 saturated heterocycles. The Hall–Kier alpha value is -2.51. The van der Waals surface area contributed by atoms with Gasteiger partial charge in [-0.25, -0.2) is 9.07 Å². The van der Waals surface area contributed by atoms with E-state index < -0.39 is 11.8 Å². The molecule has 0 aliphatic carbocycles. The number of aryl methyl sites for hydroxylation is 1. The molecular weight excluding hydrogens is 255 g/mol. The van der Waals surface area contributed by atoms with Gasteiger partial charge in [-0.1, -0.05) is 6.07 Å². The van der Waals surface area contributed by atoms with Gasteiger partial charge in [0.25, 0.3) is 0 Å². The Bertz CT molecular complexity index is 599. The SMILES string of the molecule is COc1cccc(F)c1-c1nnnn1CCC(=O)O. The molecule has 0 spiro atoms. The number of ether oxygens (including phenoxy) is 1. The topological polar surface area (TPSA) is 90.1 Å². The van der Waals surface area contributed by atoms with Crippen molar-refractivity contribution in [3.05, 3.63) is 24.0 Å². The van der Waals surface area contributed by atoms with Gasteiger partial charge in [-0.15, -0.1) is 5.10 Å². The summed E-state index contributed by atoms with van der Waals surface area (Å²) in [7, 11) is 1.41. The van der Waals surface area contributed by atoms with E-state index in [9.17, 15) is 9.18 Å². The molecule has 1 heterocycles. The van der Waals surface area contributed by atoms with E-state index in [0.29, 0.717) is 0 Å². The number of carboxylic acid groups (broad SMARTS) is 1. The fourth-order valence-electron chi connectivity index (χ4n) is 1.63. The minimum absolute atomic E-state index is 0.0507. The molecule has 1 N–H and O–H groups in total. The molecule has 0 radical (unpaired) electrons. The third kappa shape index (κ3) is 2.67. The van der Waals surface area contributed by atoms with Gasteiger partial charge < -0.3 is 9.84 Å². The molecular formula is C11H11FN4O3. The molecule has 8 heteroatoms. The molecule has 2 rings (SSSR count). The lowest BCUT2D eigenvalue weighted by molar-refractivity contribution is -0.137. The molecule has 0 atom stereocenters. The fourth-order valence-corrected chi connectivity index (χ4v) is 1.63. The van der Waals surface area contributed by atoms with Crippen LogP contribution in [0.25, 0.3) is 11.4 Å². The number of benzene rings is 1. The fraction of sp³-hybridized carbons (Fsp3) is 0.273. The van der Waals surface area contributed by atoms with E-state index in [1.807, 2.05) is 0 Å². The largest absolute Gasteiger partial charge is 0.496 e. The molecule has 0 amide bonds. The highest BCUT2D eigenvalue weighted by molar-refractivity contribution is 5.67. The molecule has 0 saturated carbocycles. The van der Waals surface area contributed by atoms with Crippen molar-refractivity contribution in [1.29, 1.82) is 0 Å². The maximum Gasteiger partial charge on any atom is 0.305 e. The highest BCUT2D eigenvalue weighted by Crippen LogP contribution is 2.30. The van der Waals surface area contributed by atoms with Crippen molar-refractivity contribution in [2.45, 2.75) is 13.0 Å². The average molecular weight is 266 g/mol. The van der Waals surface area contributed by atoms with Gasteiger partial charge in [-0.3, -0.25) is 4.79 Å². The highest BCUT2D eigenvalue weighted by Gasteiger charge is 2.18. The van der Waals surface area contributed by atoms with Crippen molar-refractivity contribution < 1.29 is 19.0 Å². The van der Waals surface area contributed by atoms with Crippen molar-refractivity contribution in [3.8, 4) is 17.1 Å². The van der Waals surface area contributed by atoms with Crippen LogP contribution in [0.1, 0.15) is 6.42 Å². The Balaban J connectivity index is 2.42. The van der Waals surface area contributed by atoms with Gasteiger partial charge in [0, 0.05) is 0 Å². The van der Waals surface area contributed by atoms with E-state index in [1.165, 1.54) is 23.9 Å². The molecule has 0 aliphatic heterocycles. The third-order valence-electron chi connectivity index (χ3n) is 2.49. The first kappa shape index (κ1) is 12.9. The molecule has 0 unspecified atom stereocenters. The lowest BCUT2D eigenvalue weighted by Gasteiger charge is -2.08. The Morgan fingerprint density at radius 1 is 1.53 bits per heavy atom. The first-order chi connectivity index (χ1) is 9.13. The molecule has 0 bridgehead atoms. The van der Waals surface area contributed by atoms with Crippen molar-refractivity contribution >= 4 is 5.97 Å². The van der Waals surface area contributed by atoms with Crippen molar-refractivity contribution in [2.75, 3.05) is 7.11 Å². The minimum atomic E-state index is -0.984. The van der Waals surface area contributed by atoms with Crippen molar-refractivity contribution in [3.63, 3.8) is 0 Å². The van der Waals surface area contributed by atoms with Crippen LogP contribution >= 0.6 is 0 Å². The van der Waals surface area contributed by atoms with Gasteiger partial charge in [0.05, 0.1) is 25.6 Å². The first-order valence-electron chi connectivity index (χ1n) is 5.44. The maximum atomic E-state index is 13.9. The summed E-state index contributed by atoms with van der Waals surface area (Å²) in [4.78, 5) is 10.6. The third-order valence-corrected chi connectivity index (χ3v) is 2.49. The van der Waals surface area contributed by atoms with Crippen molar-refractivity contribution in [1.82, 2.24) is 20.2 Å². The van der Waals surface area contributed by atoms with Crippen LogP contribution in [0.5, 0.6) is 5.75 Å². The number of halogens is 1. The Kier molecular flexibility index (Phi) is 3.69. The highest BCUT2D eigenvalue weighted by atomic mass is 19.1.